The number of carbonyl (C=O) groups is 2. The fourth-order valence-electron chi connectivity index (χ4n) is 1.75. The molecule has 0 aliphatic heterocycles. The largest absolute Gasteiger partial charge is 0.325 e. The third kappa shape index (κ3) is 3.79. The topological polar surface area (TPSA) is 58.2 Å². The molecule has 0 aromatic heterocycles. The van der Waals surface area contributed by atoms with E-state index < -0.39 is 11.7 Å². The molecule has 2 N–H and O–H groups in total. The molecule has 6 heteroatoms. The molecule has 0 spiro atoms. The third-order valence-electron chi connectivity index (χ3n) is 2.66. The van der Waals surface area contributed by atoms with Crippen molar-refractivity contribution in [3.05, 3.63) is 58.9 Å². The number of nitrogens with one attached hydrogen (secondary N) is 2. The van der Waals surface area contributed by atoms with E-state index in [2.05, 4.69) is 10.6 Å². The molecule has 0 unspecified atom stereocenters. The highest BCUT2D eigenvalue weighted by Crippen LogP contribution is 2.24. The van der Waals surface area contributed by atoms with Gasteiger partial charge in [-0.25, -0.2) is 4.39 Å². The number of anilines is 2. The van der Waals surface area contributed by atoms with Crippen molar-refractivity contribution in [2.75, 3.05) is 10.6 Å². The van der Waals surface area contributed by atoms with Crippen molar-refractivity contribution in [1.29, 1.82) is 0 Å². The molecule has 0 aliphatic carbocycles. The minimum absolute atomic E-state index is 0.162. The molecule has 0 heterocycles. The normalized spacial score (nSPS) is 10.0. The lowest BCUT2D eigenvalue weighted by molar-refractivity contribution is -0.114. The van der Waals surface area contributed by atoms with Crippen molar-refractivity contribution in [3.63, 3.8) is 0 Å². The summed E-state index contributed by atoms with van der Waals surface area (Å²) in [6.45, 7) is 1.32. The van der Waals surface area contributed by atoms with Crippen LogP contribution >= 0.6 is 11.6 Å². The number of benzene rings is 2. The van der Waals surface area contributed by atoms with Crippen LogP contribution in [0.4, 0.5) is 15.8 Å². The molecule has 0 aliphatic rings. The summed E-state index contributed by atoms with van der Waals surface area (Å²) in [6, 6.07) is 10.2. The Bertz CT molecular complexity index is 704. The van der Waals surface area contributed by atoms with E-state index in [1.165, 1.54) is 19.1 Å². The van der Waals surface area contributed by atoms with Crippen molar-refractivity contribution in [3.8, 4) is 0 Å². The monoisotopic (exact) mass is 306 g/mol. The van der Waals surface area contributed by atoms with Crippen LogP contribution in [0.2, 0.25) is 5.02 Å². The molecule has 0 saturated carbocycles. The van der Waals surface area contributed by atoms with Crippen LogP contribution in [-0.2, 0) is 4.79 Å². The van der Waals surface area contributed by atoms with Gasteiger partial charge in [0.2, 0.25) is 5.91 Å². The van der Waals surface area contributed by atoms with E-state index in [-0.39, 0.29) is 22.2 Å². The molecule has 4 nitrogen and oxygen atoms in total. The lowest BCUT2D eigenvalue weighted by Gasteiger charge is -2.12. The van der Waals surface area contributed by atoms with Gasteiger partial charge in [-0.1, -0.05) is 23.7 Å². The summed E-state index contributed by atoms with van der Waals surface area (Å²) in [5.74, 6) is -1.34. The molecule has 0 atom stereocenters. The molecule has 108 valence electrons. The lowest BCUT2D eigenvalue weighted by Crippen LogP contribution is -2.15. The van der Waals surface area contributed by atoms with Crippen molar-refractivity contribution in [1.82, 2.24) is 0 Å². The average Bonchev–Trinajstić information content (AvgIpc) is 2.42. The summed E-state index contributed by atoms with van der Waals surface area (Å²) >= 11 is 5.94. The number of hydrogen-bond donors (Lipinski definition) is 2. The first-order valence-corrected chi connectivity index (χ1v) is 6.48. The average molecular weight is 307 g/mol. The van der Waals surface area contributed by atoms with E-state index in [0.717, 1.165) is 6.07 Å². The maximum atomic E-state index is 13.3. The van der Waals surface area contributed by atoms with E-state index in [4.69, 9.17) is 11.6 Å². The Morgan fingerprint density at radius 3 is 2.43 bits per heavy atom. The van der Waals surface area contributed by atoms with Crippen LogP contribution in [-0.4, -0.2) is 11.8 Å². The molecule has 0 saturated heterocycles. The van der Waals surface area contributed by atoms with Gasteiger partial charge in [0.25, 0.3) is 5.91 Å². The van der Waals surface area contributed by atoms with E-state index in [9.17, 15) is 14.0 Å². The Morgan fingerprint density at radius 2 is 1.76 bits per heavy atom. The summed E-state index contributed by atoms with van der Waals surface area (Å²) in [7, 11) is 0. The molecular formula is C15H12ClFN2O2. The van der Waals surface area contributed by atoms with Crippen molar-refractivity contribution >= 4 is 34.8 Å². The number of hydrogen-bond acceptors (Lipinski definition) is 2. The van der Waals surface area contributed by atoms with Gasteiger partial charge in [-0.3, -0.25) is 9.59 Å². The van der Waals surface area contributed by atoms with Crippen molar-refractivity contribution in [2.24, 2.45) is 0 Å². The zero-order chi connectivity index (χ0) is 15.4. The summed E-state index contributed by atoms with van der Waals surface area (Å²) in [5.41, 5.74) is 0.733. The molecule has 0 radical (unpaired) electrons. The Kier molecular flexibility index (Phi) is 4.55. The smallest absolute Gasteiger partial charge is 0.257 e. The number of carbonyl (C=O) groups excluding carboxylic acids is 2. The van der Waals surface area contributed by atoms with Crippen LogP contribution in [0.1, 0.15) is 17.3 Å². The van der Waals surface area contributed by atoms with Crippen molar-refractivity contribution < 1.29 is 14.0 Å². The molecule has 21 heavy (non-hydrogen) atoms. The Morgan fingerprint density at radius 1 is 1.05 bits per heavy atom. The quantitative estimate of drug-likeness (QED) is 0.908. The fourth-order valence-corrected chi connectivity index (χ4v) is 1.98. The fraction of sp³-hybridized carbons (Fsp3) is 0.0667. The number of halogens is 2. The molecule has 0 fully saturated rings. The van der Waals surface area contributed by atoms with Gasteiger partial charge >= 0.3 is 0 Å². The third-order valence-corrected chi connectivity index (χ3v) is 2.99. The maximum absolute atomic E-state index is 13.3. The first-order chi connectivity index (χ1) is 9.97. The molecule has 2 aromatic carbocycles. The van der Waals surface area contributed by atoms with Gasteiger partial charge in [0.15, 0.2) is 0 Å². The second kappa shape index (κ2) is 6.37. The van der Waals surface area contributed by atoms with E-state index >= 15 is 0 Å². The van der Waals surface area contributed by atoms with Gasteiger partial charge in [0, 0.05) is 6.92 Å². The minimum atomic E-state index is -0.529. The van der Waals surface area contributed by atoms with Gasteiger partial charge < -0.3 is 10.6 Å². The SMILES string of the molecule is CC(=O)Nc1ccc(F)cc1NC(=O)c1ccccc1Cl. The second-order valence-electron chi connectivity index (χ2n) is 4.31. The zero-order valence-corrected chi connectivity index (χ0v) is 11.9. The van der Waals surface area contributed by atoms with Crippen LogP contribution in [0, 0.1) is 5.82 Å². The highest BCUT2D eigenvalue weighted by molar-refractivity contribution is 6.34. The van der Waals surface area contributed by atoms with E-state index in [1.54, 1.807) is 24.3 Å². The summed E-state index contributed by atoms with van der Waals surface area (Å²) < 4.78 is 13.3. The lowest BCUT2D eigenvalue weighted by atomic mass is 10.2. The maximum Gasteiger partial charge on any atom is 0.257 e. The number of amides is 2. The molecule has 2 rings (SSSR count). The predicted molar refractivity (Wildman–Crippen MR) is 80.1 cm³/mol. The molecule has 2 aromatic rings. The van der Waals surface area contributed by atoms with Gasteiger partial charge in [0.05, 0.1) is 22.0 Å². The van der Waals surface area contributed by atoms with E-state index in [0.29, 0.717) is 5.69 Å². The van der Waals surface area contributed by atoms with Gasteiger partial charge in [0.1, 0.15) is 5.82 Å². The number of rotatable bonds is 3. The zero-order valence-electron chi connectivity index (χ0n) is 11.1. The van der Waals surface area contributed by atoms with Gasteiger partial charge in [-0.15, -0.1) is 0 Å². The van der Waals surface area contributed by atoms with E-state index in [1.807, 2.05) is 0 Å². The summed E-state index contributed by atoms with van der Waals surface area (Å²) in [5, 5.41) is 5.34. The minimum Gasteiger partial charge on any atom is -0.325 e. The Balaban J connectivity index is 2.30. The summed E-state index contributed by atoms with van der Waals surface area (Å²) in [6.07, 6.45) is 0. The Labute approximate surface area is 125 Å². The molecule has 0 bridgehead atoms. The standard InChI is InChI=1S/C15H12ClFN2O2/c1-9(20)18-13-7-6-10(17)8-14(13)19-15(21)11-4-2-3-5-12(11)16/h2-8H,1H3,(H,18,20)(H,19,21). The molecule has 2 amide bonds. The van der Waals surface area contributed by atoms with Crippen LogP contribution in [0.3, 0.4) is 0 Å². The Hall–Kier alpha value is -2.40. The summed E-state index contributed by atoms with van der Waals surface area (Å²) in [4.78, 5) is 23.3. The highest BCUT2D eigenvalue weighted by atomic mass is 35.5. The van der Waals surface area contributed by atoms with Gasteiger partial charge in [-0.2, -0.15) is 0 Å². The van der Waals surface area contributed by atoms with Crippen LogP contribution in [0.5, 0.6) is 0 Å². The van der Waals surface area contributed by atoms with Crippen LogP contribution in [0.25, 0.3) is 0 Å². The highest BCUT2D eigenvalue weighted by Gasteiger charge is 2.13. The van der Waals surface area contributed by atoms with Crippen LogP contribution < -0.4 is 10.6 Å². The van der Waals surface area contributed by atoms with Crippen LogP contribution in [0.15, 0.2) is 42.5 Å². The van der Waals surface area contributed by atoms with Crippen molar-refractivity contribution in [2.45, 2.75) is 6.92 Å². The second-order valence-corrected chi connectivity index (χ2v) is 4.71. The molecular weight excluding hydrogens is 295 g/mol. The first kappa shape index (κ1) is 15.0. The van der Waals surface area contributed by atoms with Gasteiger partial charge in [-0.05, 0) is 30.3 Å². The first-order valence-electron chi connectivity index (χ1n) is 6.10. The predicted octanol–water partition coefficient (Wildman–Crippen LogP) is 3.69.